The van der Waals surface area contributed by atoms with Crippen molar-refractivity contribution in [1.82, 2.24) is 0 Å². The summed E-state index contributed by atoms with van der Waals surface area (Å²) in [5.74, 6) is 1.49. The van der Waals surface area contributed by atoms with E-state index in [9.17, 15) is 4.57 Å². The number of benzene rings is 2. The fourth-order valence-electron chi connectivity index (χ4n) is 3.95. The van der Waals surface area contributed by atoms with Crippen LogP contribution < -0.4 is 5.32 Å². The smallest absolute Gasteiger partial charge is 0.251 e. The van der Waals surface area contributed by atoms with Crippen molar-refractivity contribution in [3.8, 4) is 0 Å². The number of rotatable bonds is 4. The van der Waals surface area contributed by atoms with Gasteiger partial charge in [0.2, 0.25) is 0 Å². The van der Waals surface area contributed by atoms with Crippen molar-refractivity contribution < 1.29 is 9.09 Å². The highest BCUT2D eigenvalue weighted by molar-refractivity contribution is 7.63. The number of aryl methyl sites for hydroxylation is 1. The molecule has 1 spiro atoms. The molecule has 2 aromatic carbocycles. The lowest BCUT2D eigenvalue weighted by Gasteiger charge is -2.34. The molecule has 2 atom stereocenters. The molecule has 2 aromatic rings. The topological polar surface area (TPSA) is 38.3 Å². The lowest BCUT2D eigenvalue weighted by atomic mass is 9.85. The molecule has 0 aromatic heterocycles. The minimum Gasteiger partial charge on any atom is -0.370 e. The Morgan fingerprint density at radius 3 is 2.38 bits per heavy atom. The molecule has 4 heteroatoms. The van der Waals surface area contributed by atoms with Gasteiger partial charge in [0.05, 0.1) is 5.60 Å². The first-order valence-corrected chi connectivity index (χ1v) is 11.2. The summed E-state index contributed by atoms with van der Waals surface area (Å²) < 4.78 is 20.3. The molecule has 1 unspecified atom stereocenters. The molecule has 2 aliphatic rings. The van der Waals surface area contributed by atoms with E-state index in [1.807, 2.05) is 36.1 Å². The van der Waals surface area contributed by atoms with Crippen LogP contribution >= 0.6 is 7.37 Å². The maximum Gasteiger partial charge on any atom is 0.251 e. The van der Waals surface area contributed by atoms with Crippen molar-refractivity contribution in [2.75, 3.05) is 5.32 Å². The SMILES string of the molecule is Cc1ccc([C@@H](Nc2ccccc2)P2(=O)C=CC3(CCCCC3)O2)cc1. The first-order valence-electron chi connectivity index (χ1n) is 9.47. The van der Waals surface area contributed by atoms with E-state index in [0.29, 0.717) is 0 Å². The van der Waals surface area contributed by atoms with Crippen LogP contribution in [0.3, 0.4) is 0 Å². The molecule has 0 bridgehead atoms. The molecule has 1 fully saturated rings. The number of anilines is 1. The van der Waals surface area contributed by atoms with Gasteiger partial charge >= 0.3 is 0 Å². The van der Waals surface area contributed by atoms with E-state index in [2.05, 4.69) is 42.6 Å². The summed E-state index contributed by atoms with van der Waals surface area (Å²) in [6.45, 7) is 2.06. The Morgan fingerprint density at radius 2 is 1.69 bits per heavy atom. The molecule has 1 saturated carbocycles. The Hall–Kier alpha value is -1.83. The van der Waals surface area contributed by atoms with Gasteiger partial charge in [-0.3, -0.25) is 4.57 Å². The zero-order valence-electron chi connectivity index (χ0n) is 15.2. The molecule has 4 rings (SSSR count). The minimum absolute atomic E-state index is 0.324. The van der Waals surface area contributed by atoms with E-state index in [-0.39, 0.29) is 11.4 Å². The highest BCUT2D eigenvalue weighted by atomic mass is 31.2. The van der Waals surface area contributed by atoms with Crippen LogP contribution in [0.4, 0.5) is 5.69 Å². The Morgan fingerprint density at radius 1 is 1.00 bits per heavy atom. The summed E-state index contributed by atoms with van der Waals surface area (Å²) in [5, 5.41) is 3.48. The first kappa shape index (κ1) is 17.6. The van der Waals surface area contributed by atoms with E-state index >= 15 is 0 Å². The molecular weight excluding hydrogens is 341 g/mol. The van der Waals surface area contributed by atoms with E-state index in [4.69, 9.17) is 4.52 Å². The van der Waals surface area contributed by atoms with Gasteiger partial charge in [0.1, 0.15) is 5.78 Å². The zero-order chi connectivity index (χ0) is 18.0. The van der Waals surface area contributed by atoms with Crippen molar-refractivity contribution in [2.45, 2.75) is 50.4 Å². The predicted molar refractivity (Wildman–Crippen MR) is 108 cm³/mol. The molecule has 26 heavy (non-hydrogen) atoms. The van der Waals surface area contributed by atoms with E-state index in [0.717, 1.165) is 36.9 Å². The third-order valence-electron chi connectivity index (χ3n) is 5.44. The highest BCUT2D eigenvalue weighted by Gasteiger charge is 2.47. The zero-order valence-corrected chi connectivity index (χ0v) is 16.1. The Balaban J connectivity index is 1.67. The van der Waals surface area contributed by atoms with Crippen molar-refractivity contribution in [2.24, 2.45) is 0 Å². The molecule has 1 N–H and O–H groups in total. The first-order chi connectivity index (χ1) is 12.6. The number of hydrogen-bond donors (Lipinski definition) is 1. The van der Waals surface area contributed by atoms with E-state index in [1.165, 1.54) is 12.0 Å². The van der Waals surface area contributed by atoms with Crippen molar-refractivity contribution >= 4 is 13.1 Å². The number of para-hydroxylation sites is 1. The van der Waals surface area contributed by atoms with Crippen molar-refractivity contribution in [3.05, 3.63) is 77.6 Å². The minimum atomic E-state index is -3.01. The maximum absolute atomic E-state index is 13.9. The van der Waals surface area contributed by atoms with Crippen LogP contribution in [0.5, 0.6) is 0 Å². The third kappa shape index (κ3) is 3.51. The largest absolute Gasteiger partial charge is 0.370 e. The van der Waals surface area contributed by atoms with Gasteiger partial charge in [-0.15, -0.1) is 0 Å². The molecular formula is C22H26NO2P. The van der Waals surface area contributed by atoms with Gasteiger partial charge in [-0.2, -0.15) is 0 Å². The second-order valence-corrected chi connectivity index (χ2v) is 9.79. The predicted octanol–water partition coefficient (Wildman–Crippen LogP) is 6.63. The Labute approximate surface area is 155 Å². The Kier molecular flexibility index (Phi) is 4.77. The van der Waals surface area contributed by atoms with Crippen LogP contribution in [0.25, 0.3) is 0 Å². The van der Waals surface area contributed by atoms with Crippen molar-refractivity contribution in [1.29, 1.82) is 0 Å². The average molecular weight is 367 g/mol. The summed E-state index contributed by atoms with van der Waals surface area (Å²) in [6, 6.07) is 18.2. The van der Waals surface area contributed by atoms with Crippen LogP contribution in [0.2, 0.25) is 0 Å². The summed E-state index contributed by atoms with van der Waals surface area (Å²) in [6.07, 6.45) is 7.56. The van der Waals surface area contributed by atoms with Gasteiger partial charge in [0.25, 0.3) is 7.37 Å². The van der Waals surface area contributed by atoms with Crippen LogP contribution in [0.15, 0.2) is 66.5 Å². The van der Waals surface area contributed by atoms with Gasteiger partial charge in [0.15, 0.2) is 0 Å². The summed E-state index contributed by atoms with van der Waals surface area (Å²) in [5.41, 5.74) is 2.82. The summed E-state index contributed by atoms with van der Waals surface area (Å²) in [4.78, 5) is 0. The fourth-order valence-corrected chi connectivity index (χ4v) is 6.50. The van der Waals surface area contributed by atoms with E-state index in [1.54, 1.807) is 0 Å². The molecule has 0 amide bonds. The third-order valence-corrected chi connectivity index (χ3v) is 7.80. The summed E-state index contributed by atoms with van der Waals surface area (Å²) in [7, 11) is -3.01. The highest BCUT2D eigenvalue weighted by Crippen LogP contribution is 2.68. The fraction of sp³-hybridized carbons (Fsp3) is 0.364. The Bertz CT molecular complexity index is 823. The standard InChI is InChI=1S/C22H26NO2P/c1-18-10-12-19(13-11-18)21(23-20-8-4-2-5-9-20)26(24)17-16-22(25-26)14-6-3-7-15-22/h2,4-5,8-13,16-17,21,23H,3,6-7,14-15H2,1H3/t21-,26?/m0/s1. The van der Waals surface area contributed by atoms with Gasteiger partial charge < -0.3 is 9.84 Å². The molecule has 136 valence electrons. The van der Waals surface area contributed by atoms with Crippen LogP contribution in [0, 0.1) is 6.92 Å². The average Bonchev–Trinajstić information content (AvgIpc) is 2.99. The van der Waals surface area contributed by atoms with E-state index < -0.39 is 7.37 Å². The second kappa shape index (κ2) is 7.06. The lowest BCUT2D eigenvalue weighted by Crippen LogP contribution is -2.29. The van der Waals surface area contributed by atoms with Gasteiger partial charge in [-0.25, -0.2) is 0 Å². The number of hydrogen-bond acceptors (Lipinski definition) is 3. The molecule has 0 radical (unpaired) electrons. The quantitative estimate of drug-likeness (QED) is 0.616. The summed E-state index contributed by atoms with van der Waals surface area (Å²) >= 11 is 0. The second-order valence-electron chi connectivity index (χ2n) is 7.50. The number of nitrogens with one attached hydrogen (secondary N) is 1. The maximum atomic E-state index is 13.9. The van der Waals surface area contributed by atoms with Gasteiger partial charge in [-0.1, -0.05) is 67.3 Å². The molecule has 3 nitrogen and oxygen atoms in total. The van der Waals surface area contributed by atoms with Gasteiger partial charge in [0, 0.05) is 11.5 Å². The normalized spacial score (nSPS) is 25.3. The lowest BCUT2D eigenvalue weighted by molar-refractivity contribution is 0.0895. The van der Waals surface area contributed by atoms with Gasteiger partial charge in [-0.05, 0) is 43.5 Å². The van der Waals surface area contributed by atoms with Crippen LogP contribution in [-0.2, 0) is 9.09 Å². The molecule has 1 aliphatic carbocycles. The van der Waals surface area contributed by atoms with Crippen LogP contribution in [0.1, 0.15) is 49.0 Å². The van der Waals surface area contributed by atoms with Crippen molar-refractivity contribution in [3.63, 3.8) is 0 Å². The van der Waals surface area contributed by atoms with Crippen LogP contribution in [-0.4, -0.2) is 5.60 Å². The molecule has 0 saturated heterocycles. The molecule has 1 heterocycles. The molecule has 1 aliphatic heterocycles. The monoisotopic (exact) mass is 367 g/mol.